The van der Waals surface area contributed by atoms with Crippen LogP contribution in [0, 0.1) is 0 Å². The van der Waals surface area contributed by atoms with E-state index in [1.54, 1.807) is 0 Å². The predicted octanol–water partition coefficient (Wildman–Crippen LogP) is -3.60. The van der Waals surface area contributed by atoms with Crippen LogP contribution < -0.4 is 0 Å². The van der Waals surface area contributed by atoms with Gasteiger partial charge in [0.2, 0.25) is 0 Å². The fraction of sp³-hybridized carbons (Fsp3) is 1.00. The Labute approximate surface area is 149 Å². The molecule has 14 nitrogen and oxygen atoms in total. The molecule has 25 heavy (non-hydrogen) atoms. The second-order valence-electron chi connectivity index (χ2n) is 5.34. The van der Waals surface area contributed by atoms with Crippen molar-refractivity contribution in [3.63, 3.8) is 0 Å². The van der Waals surface area contributed by atoms with Gasteiger partial charge in [0.15, 0.2) is 0 Å². The van der Waals surface area contributed by atoms with Gasteiger partial charge in [-0.25, -0.2) is 0 Å². The standard InChI is InChI=1S/C5H20O14Si6/c1-11-21(4)15-22(5)13-20(3,6)14-23(7,8)18-25(10,17-22)19-24(9,12-2)16-21/h6-10H,1-5H3. The molecule has 0 aliphatic carbocycles. The third-order valence-electron chi connectivity index (χ3n) is 2.85. The number of hydrogen-bond acceptors (Lipinski definition) is 14. The Morgan fingerprint density at radius 3 is 1.76 bits per heavy atom. The summed E-state index contributed by atoms with van der Waals surface area (Å²) >= 11 is 0. The van der Waals surface area contributed by atoms with Crippen molar-refractivity contribution in [2.75, 3.05) is 14.2 Å². The first-order chi connectivity index (χ1) is 11.1. The molecule has 2 rings (SSSR count). The van der Waals surface area contributed by atoms with E-state index in [9.17, 15) is 24.0 Å². The first-order valence-corrected chi connectivity index (χ1v) is 18.5. The average molecular weight is 473 g/mol. The molecule has 2 bridgehead atoms. The van der Waals surface area contributed by atoms with Crippen LogP contribution in [0.1, 0.15) is 0 Å². The topological polar surface area (TPSA) is 184 Å². The van der Waals surface area contributed by atoms with Crippen molar-refractivity contribution in [3.05, 3.63) is 0 Å². The molecule has 0 aromatic heterocycles. The normalized spacial score (nSPS) is 51.1. The minimum atomic E-state index is -5.16. The molecule has 0 aromatic carbocycles. The molecule has 5 atom stereocenters. The van der Waals surface area contributed by atoms with E-state index >= 15 is 0 Å². The highest BCUT2D eigenvalue weighted by molar-refractivity contribution is 6.90. The van der Waals surface area contributed by atoms with Gasteiger partial charge in [0.05, 0.1) is 0 Å². The van der Waals surface area contributed by atoms with E-state index in [1.165, 1.54) is 20.2 Å². The lowest BCUT2D eigenvalue weighted by Gasteiger charge is -2.46. The van der Waals surface area contributed by atoms with Gasteiger partial charge >= 0.3 is 53.6 Å². The molecule has 0 spiro atoms. The van der Waals surface area contributed by atoms with Crippen molar-refractivity contribution in [1.82, 2.24) is 0 Å². The summed E-state index contributed by atoms with van der Waals surface area (Å²) in [5.74, 6) is 0. The Balaban J connectivity index is 2.51. The summed E-state index contributed by atoms with van der Waals surface area (Å²) in [6, 6.07) is 0. The van der Waals surface area contributed by atoms with Crippen LogP contribution in [0.4, 0.5) is 0 Å². The van der Waals surface area contributed by atoms with Crippen molar-refractivity contribution in [3.8, 4) is 0 Å². The molecule has 2 aliphatic heterocycles. The van der Waals surface area contributed by atoms with E-state index in [4.69, 9.17) is 33.5 Å². The van der Waals surface area contributed by atoms with Crippen molar-refractivity contribution >= 4 is 53.6 Å². The predicted molar refractivity (Wildman–Crippen MR) is 84.8 cm³/mol. The van der Waals surface area contributed by atoms with Gasteiger partial charge in [0.25, 0.3) is 0 Å². The van der Waals surface area contributed by atoms with Crippen LogP contribution in [0.5, 0.6) is 0 Å². The van der Waals surface area contributed by atoms with Gasteiger partial charge in [-0.05, 0) is 0 Å². The summed E-state index contributed by atoms with van der Waals surface area (Å²) < 4.78 is 45.9. The highest BCUT2D eigenvalue weighted by atomic mass is 28.6. The van der Waals surface area contributed by atoms with Crippen LogP contribution in [0.3, 0.4) is 0 Å². The first kappa shape index (κ1) is 22.0. The maximum Gasteiger partial charge on any atom is 0.663 e. The van der Waals surface area contributed by atoms with Crippen molar-refractivity contribution < 1.29 is 61.6 Å². The smallest absolute Gasteiger partial charge is 0.391 e. The molecule has 0 radical (unpaired) electrons. The Kier molecular flexibility index (Phi) is 5.87. The fourth-order valence-electron chi connectivity index (χ4n) is 2.10. The molecule has 5 unspecified atom stereocenters. The van der Waals surface area contributed by atoms with Crippen molar-refractivity contribution in [2.24, 2.45) is 0 Å². The average Bonchev–Trinajstić information content (AvgIpc) is 2.30. The molecule has 5 N–H and O–H groups in total. The second kappa shape index (κ2) is 6.67. The lowest BCUT2D eigenvalue weighted by atomic mass is 11.8. The molecular weight excluding hydrogens is 453 g/mol. The van der Waals surface area contributed by atoms with E-state index in [0.717, 1.165) is 13.7 Å². The molecule has 20 heteroatoms. The molecular formula is C5H20O14Si6. The number of fused-ring (bicyclic) bond motifs is 2. The van der Waals surface area contributed by atoms with Gasteiger partial charge in [0, 0.05) is 33.9 Å². The molecule has 2 fully saturated rings. The third kappa shape index (κ3) is 5.39. The van der Waals surface area contributed by atoms with Gasteiger partial charge in [-0.3, -0.25) is 0 Å². The Hall–Kier alpha value is 0.741. The molecule has 148 valence electrons. The fourth-order valence-corrected chi connectivity index (χ4v) is 22.7. The van der Waals surface area contributed by atoms with Crippen LogP contribution in [0.2, 0.25) is 19.6 Å². The molecule has 2 heterocycles. The van der Waals surface area contributed by atoms with Crippen molar-refractivity contribution in [1.29, 1.82) is 0 Å². The van der Waals surface area contributed by atoms with Crippen LogP contribution in [0.15, 0.2) is 0 Å². The van der Waals surface area contributed by atoms with E-state index in [1.807, 2.05) is 0 Å². The summed E-state index contributed by atoms with van der Waals surface area (Å²) in [4.78, 5) is 50.6. The molecule has 0 saturated carbocycles. The molecule has 2 aliphatic rings. The molecule has 0 aromatic rings. The highest BCUT2D eigenvalue weighted by Gasteiger charge is 2.72. The zero-order valence-electron chi connectivity index (χ0n) is 13.9. The SMILES string of the molecule is CO[Si]1(C)O[Si]2(C)O[Si](C)(O)O[Si](O)(O)O[Si](O)(O2)O[Si](O)(OC)O1. The third-order valence-corrected chi connectivity index (χ3v) is 21.8. The zero-order valence-corrected chi connectivity index (χ0v) is 19.9. The van der Waals surface area contributed by atoms with Gasteiger partial charge in [-0.15, -0.1) is 0 Å². The van der Waals surface area contributed by atoms with Crippen LogP contribution >= 0.6 is 0 Å². The van der Waals surface area contributed by atoms with Crippen LogP contribution in [-0.4, -0.2) is 91.8 Å². The van der Waals surface area contributed by atoms with E-state index < -0.39 is 53.6 Å². The maximum atomic E-state index is 10.5. The highest BCUT2D eigenvalue weighted by Crippen LogP contribution is 2.34. The summed E-state index contributed by atoms with van der Waals surface area (Å²) in [6.07, 6.45) is 0. The van der Waals surface area contributed by atoms with Gasteiger partial charge < -0.3 is 61.6 Å². The number of rotatable bonds is 2. The maximum absolute atomic E-state index is 10.5. The van der Waals surface area contributed by atoms with Crippen molar-refractivity contribution in [2.45, 2.75) is 19.6 Å². The summed E-state index contributed by atoms with van der Waals surface area (Å²) in [6.45, 7) is 3.67. The quantitative estimate of drug-likeness (QED) is 0.248. The second-order valence-corrected chi connectivity index (χ2v) is 20.3. The monoisotopic (exact) mass is 472 g/mol. The summed E-state index contributed by atoms with van der Waals surface area (Å²) in [5.41, 5.74) is 0. The first-order valence-electron chi connectivity index (χ1n) is 6.70. The van der Waals surface area contributed by atoms with Gasteiger partial charge in [-0.2, -0.15) is 0 Å². The summed E-state index contributed by atoms with van der Waals surface area (Å²) in [5, 5.41) is 0. The molecule has 0 amide bonds. The Morgan fingerprint density at radius 1 is 0.640 bits per heavy atom. The lowest BCUT2D eigenvalue weighted by Crippen LogP contribution is -2.77. The van der Waals surface area contributed by atoms with Gasteiger partial charge in [-0.1, -0.05) is 0 Å². The largest absolute Gasteiger partial charge is 0.663 e. The zero-order chi connectivity index (χ0) is 19.4. The minimum absolute atomic E-state index is 1.02. The summed E-state index contributed by atoms with van der Waals surface area (Å²) in [7, 11) is -24.6. The Morgan fingerprint density at radius 2 is 1.24 bits per heavy atom. The van der Waals surface area contributed by atoms with Crippen LogP contribution in [0.25, 0.3) is 0 Å². The minimum Gasteiger partial charge on any atom is -0.391 e. The molecule has 2 saturated heterocycles. The Bertz CT molecular complexity index is 480. The van der Waals surface area contributed by atoms with E-state index in [-0.39, 0.29) is 0 Å². The number of hydrogen-bond donors (Lipinski definition) is 5. The van der Waals surface area contributed by atoms with Crippen LogP contribution in [-0.2, 0) is 37.7 Å². The van der Waals surface area contributed by atoms with E-state index in [0.29, 0.717) is 0 Å². The van der Waals surface area contributed by atoms with Gasteiger partial charge in [0.1, 0.15) is 0 Å². The van der Waals surface area contributed by atoms with E-state index in [2.05, 4.69) is 4.12 Å². The lowest BCUT2D eigenvalue weighted by molar-refractivity contribution is -0.0411.